The van der Waals surface area contributed by atoms with Crippen molar-refractivity contribution in [3.8, 4) is 0 Å². The number of carbonyl (C=O) groups is 3. The molecule has 1 saturated carbocycles. The highest BCUT2D eigenvalue weighted by Crippen LogP contribution is 2.19. The molecule has 2 amide bonds. The predicted molar refractivity (Wildman–Crippen MR) is 98.3 cm³/mol. The number of carboxylic acids is 1. The number of amides is 2. The Bertz CT molecular complexity index is 678. The van der Waals surface area contributed by atoms with E-state index in [1.165, 1.54) is 0 Å². The smallest absolute Gasteiger partial charge is 0.320 e. The SMILES string of the molecule is Cl.O=C(CN1CCC[C@H]1C(=O)O)NCc1cccc(C(=O)NC2CC2)c1. The third kappa shape index (κ3) is 5.44. The quantitative estimate of drug-likeness (QED) is 0.658. The number of hydrogen-bond donors (Lipinski definition) is 3. The van der Waals surface area contributed by atoms with Gasteiger partial charge < -0.3 is 15.7 Å². The lowest BCUT2D eigenvalue weighted by atomic mass is 10.1. The first-order chi connectivity index (χ1) is 12.0. The minimum Gasteiger partial charge on any atom is -0.480 e. The highest BCUT2D eigenvalue weighted by Gasteiger charge is 2.31. The molecule has 3 rings (SSSR count). The monoisotopic (exact) mass is 381 g/mol. The Kier molecular flexibility index (Phi) is 6.99. The zero-order valence-corrected chi connectivity index (χ0v) is 15.3. The molecule has 7 nitrogen and oxygen atoms in total. The summed E-state index contributed by atoms with van der Waals surface area (Å²) >= 11 is 0. The van der Waals surface area contributed by atoms with Crippen LogP contribution in [0.15, 0.2) is 24.3 Å². The fourth-order valence-corrected chi connectivity index (χ4v) is 3.05. The Labute approximate surface area is 158 Å². The van der Waals surface area contributed by atoms with E-state index in [1.807, 2.05) is 6.07 Å². The van der Waals surface area contributed by atoms with E-state index in [0.29, 0.717) is 31.1 Å². The lowest BCUT2D eigenvalue weighted by Gasteiger charge is -2.20. The summed E-state index contributed by atoms with van der Waals surface area (Å²) in [6.07, 6.45) is 3.45. The van der Waals surface area contributed by atoms with E-state index in [1.54, 1.807) is 23.1 Å². The van der Waals surface area contributed by atoms with Crippen LogP contribution < -0.4 is 10.6 Å². The molecule has 142 valence electrons. The van der Waals surface area contributed by atoms with Gasteiger partial charge in [-0.05, 0) is 49.9 Å². The Morgan fingerprint density at radius 1 is 1.19 bits per heavy atom. The van der Waals surface area contributed by atoms with Crippen molar-refractivity contribution in [1.82, 2.24) is 15.5 Å². The lowest BCUT2D eigenvalue weighted by Crippen LogP contribution is -2.42. The third-order valence-electron chi connectivity index (χ3n) is 4.59. The summed E-state index contributed by atoms with van der Waals surface area (Å²) in [4.78, 5) is 37.0. The van der Waals surface area contributed by atoms with Crippen molar-refractivity contribution in [3.05, 3.63) is 35.4 Å². The largest absolute Gasteiger partial charge is 0.480 e. The number of carboxylic acid groups (broad SMARTS) is 1. The van der Waals surface area contributed by atoms with Gasteiger partial charge in [-0.25, -0.2) is 0 Å². The van der Waals surface area contributed by atoms with E-state index in [9.17, 15) is 14.4 Å². The second-order valence-electron chi connectivity index (χ2n) is 6.69. The van der Waals surface area contributed by atoms with Crippen molar-refractivity contribution in [2.45, 2.75) is 44.3 Å². The molecule has 0 aromatic heterocycles. The number of benzene rings is 1. The first-order valence-electron chi connectivity index (χ1n) is 8.66. The summed E-state index contributed by atoms with van der Waals surface area (Å²) in [5.74, 6) is -1.17. The highest BCUT2D eigenvalue weighted by atomic mass is 35.5. The van der Waals surface area contributed by atoms with Crippen LogP contribution in [0.3, 0.4) is 0 Å². The Balaban J connectivity index is 0.00000243. The van der Waals surface area contributed by atoms with Crippen LogP contribution in [0.5, 0.6) is 0 Å². The van der Waals surface area contributed by atoms with Gasteiger partial charge in [-0.3, -0.25) is 19.3 Å². The maximum atomic E-state index is 12.1. The van der Waals surface area contributed by atoms with Crippen LogP contribution in [0.25, 0.3) is 0 Å². The average molecular weight is 382 g/mol. The maximum absolute atomic E-state index is 12.1. The number of nitrogens with one attached hydrogen (secondary N) is 2. The number of hydrogen-bond acceptors (Lipinski definition) is 4. The second-order valence-corrected chi connectivity index (χ2v) is 6.69. The highest BCUT2D eigenvalue weighted by molar-refractivity contribution is 5.94. The number of halogens is 1. The minimum absolute atomic E-state index is 0. The molecule has 1 aromatic rings. The van der Waals surface area contributed by atoms with E-state index in [-0.39, 0.29) is 30.8 Å². The van der Waals surface area contributed by atoms with Crippen LogP contribution in [0, 0.1) is 0 Å². The van der Waals surface area contributed by atoms with Gasteiger partial charge in [0.2, 0.25) is 5.91 Å². The first-order valence-corrected chi connectivity index (χ1v) is 8.66. The van der Waals surface area contributed by atoms with Crippen molar-refractivity contribution in [2.75, 3.05) is 13.1 Å². The van der Waals surface area contributed by atoms with Gasteiger partial charge in [0.15, 0.2) is 0 Å². The molecule has 1 aliphatic heterocycles. The van der Waals surface area contributed by atoms with Crippen molar-refractivity contribution in [1.29, 1.82) is 0 Å². The van der Waals surface area contributed by atoms with Crippen molar-refractivity contribution < 1.29 is 19.5 Å². The lowest BCUT2D eigenvalue weighted by molar-refractivity contribution is -0.142. The molecule has 8 heteroatoms. The molecule has 2 fully saturated rings. The van der Waals surface area contributed by atoms with Crippen LogP contribution in [-0.4, -0.2) is 53.0 Å². The number of likely N-dealkylation sites (tertiary alicyclic amines) is 1. The average Bonchev–Trinajstić information content (AvgIpc) is 3.28. The van der Waals surface area contributed by atoms with Gasteiger partial charge in [-0.1, -0.05) is 12.1 Å². The van der Waals surface area contributed by atoms with Gasteiger partial charge in [0, 0.05) is 18.2 Å². The van der Waals surface area contributed by atoms with E-state index in [0.717, 1.165) is 24.8 Å². The summed E-state index contributed by atoms with van der Waals surface area (Å²) < 4.78 is 0. The second kappa shape index (κ2) is 9.00. The molecule has 0 unspecified atom stereocenters. The molecule has 1 aromatic carbocycles. The number of rotatable bonds is 7. The summed E-state index contributed by atoms with van der Waals surface area (Å²) in [5, 5.41) is 14.9. The zero-order valence-electron chi connectivity index (χ0n) is 14.4. The standard InChI is InChI=1S/C18H23N3O4.ClH/c22-16(11-21-8-2-5-15(21)18(24)25)19-10-12-3-1-4-13(9-12)17(23)20-14-6-7-14;/h1,3-4,9,14-15H,2,5-8,10-11H2,(H,19,22)(H,20,23)(H,24,25);1H/t15-;/m0./s1. The molecule has 0 spiro atoms. The summed E-state index contributed by atoms with van der Waals surface area (Å²) in [5.41, 5.74) is 1.43. The number of aliphatic carboxylic acids is 1. The van der Waals surface area contributed by atoms with Crippen molar-refractivity contribution in [2.24, 2.45) is 0 Å². The van der Waals surface area contributed by atoms with Gasteiger partial charge in [0.05, 0.1) is 6.54 Å². The van der Waals surface area contributed by atoms with Crippen LogP contribution in [0.2, 0.25) is 0 Å². The molecule has 1 saturated heterocycles. The molecule has 0 bridgehead atoms. The van der Waals surface area contributed by atoms with E-state index >= 15 is 0 Å². The molecule has 1 aliphatic carbocycles. The Hall–Kier alpha value is -2.12. The van der Waals surface area contributed by atoms with Crippen LogP contribution in [0.1, 0.15) is 41.6 Å². The minimum atomic E-state index is -0.875. The van der Waals surface area contributed by atoms with Crippen molar-refractivity contribution >= 4 is 30.2 Å². The number of carbonyl (C=O) groups excluding carboxylic acids is 2. The van der Waals surface area contributed by atoms with Gasteiger partial charge in [-0.2, -0.15) is 0 Å². The molecule has 2 aliphatic rings. The third-order valence-corrected chi connectivity index (χ3v) is 4.59. The van der Waals surface area contributed by atoms with Gasteiger partial charge in [0.25, 0.3) is 5.91 Å². The molecule has 0 radical (unpaired) electrons. The van der Waals surface area contributed by atoms with Gasteiger partial charge in [-0.15, -0.1) is 12.4 Å². The molecule has 1 atom stereocenters. The fourth-order valence-electron chi connectivity index (χ4n) is 3.05. The molecule has 1 heterocycles. The van der Waals surface area contributed by atoms with Gasteiger partial charge >= 0.3 is 5.97 Å². The maximum Gasteiger partial charge on any atom is 0.320 e. The first kappa shape index (κ1) is 20.2. The summed E-state index contributed by atoms with van der Waals surface area (Å²) in [6, 6.07) is 6.91. The summed E-state index contributed by atoms with van der Waals surface area (Å²) in [7, 11) is 0. The Morgan fingerprint density at radius 2 is 1.96 bits per heavy atom. The molecular formula is C18H24ClN3O4. The zero-order chi connectivity index (χ0) is 17.8. The molecule has 26 heavy (non-hydrogen) atoms. The van der Waals surface area contributed by atoms with Crippen molar-refractivity contribution in [3.63, 3.8) is 0 Å². The fraction of sp³-hybridized carbons (Fsp3) is 0.500. The summed E-state index contributed by atoms with van der Waals surface area (Å²) in [6.45, 7) is 1.02. The number of nitrogens with zero attached hydrogens (tertiary/aromatic N) is 1. The Morgan fingerprint density at radius 3 is 2.65 bits per heavy atom. The topological polar surface area (TPSA) is 98.7 Å². The van der Waals surface area contributed by atoms with E-state index in [2.05, 4.69) is 10.6 Å². The van der Waals surface area contributed by atoms with Crippen LogP contribution >= 0.6 is 12.4 Å². The van der Waals surface area contributed by atoms with E-state index in [4.69, 9.17) is 5.11 Å². The van der Waals surface area contributed by atoms with Crippen LogP contribution in [0.4, 0.5) is 0 Å². The molecular weight excluding hydrogens is 358 g/mol. The predicted octanol–water partition coefficient (Wildman–Crippen LogP) is 1.17. The molecule has 3 N–H and O–H groups in total. The van der Waals surface area contributed by atoms with E-state index < -0.39 is 12.0 Å². The normalized spacial score (nSPS) is 19.5. The van der Waals surface area contributed by atoms with Crippen LogP contribution in [-0.2, 0) is 16.1 Å². The van der Waals surface area contributed by atoms with Gasteiger partial charge in [0.1, 0.15) is 6.04 Å².